The summed E-state index contributed by atoms with van der Waals surface area (Å²) < 4.78 is 5.84. The molecule has 1 N–H and O–H groups in total. The summed E-state index contributed by atoms with van der Waals surface area (Å²) >= 11 is 0. The van der Waals surface area contributed by atoms with Crippen LogP contribution in [0.4, 0.5) is 0 Å². The van der Waals surface area contributed by atoms with Crippen LogP contribution in [0.2, 0.25) is 12.1 Å². The van der Waals surface area contributed by atoms with Gasteiger partial charge in [-0.25, -0.2) is 0 Å². The molecule has 110 valence electrons. The van der Waals surface area contributed by atoms with E-state index in [2.05, 4.69) is 43.3 Å². The molecule has 0 aliphatic carbocycles. The van der Waals surface area contributed by atoms with Crippen molar-refractivity contribution in [2.45, 2.75) is 44.7 Å². The van der Waals surface area contributed by atoms with E-state index >= 15 is 0 Å². The lowest BCUT2D eigenvalue weighted by Crippen LogP contribution is -1.97. The fourth-order valence-electron chi connectivity index (χ4n) is 2.85. The number of unbranched alkanes of at least 4 members (excludes halogenated alkanes) is 2. The normalized spacial score (nSPS) is 17.2. The number of rotatable bonds is 7. The smallest absolute Gasteiger partial charge is 0.291 e. The van der Waals surface area contributed by atoms with Crippen molar-refractivity contribution in [1.29, 1.82) is 0 Å². The third-order valence-electron chi connectivity index (χ3n) is 4.34. The summed E-state index contributed by atoms with van der Waals surface area (Å²) in [5.41, 5.74) is 1.29. The molecule has 0 aromatic heterocycles. The van der Waals surface area contributed by atoms with Gasteiger partial charge in [-0.05, 0) is 48.4 Å². The summed E-state index contributed by atoms with van der Waals surface area (Å²) in [4.78, 5) is 0. The van der Waals surface area contributed by atoms with Crippen LogP contribution in [0.5, 0.6) is 5.75 Å². The minimum Gasteiger partial charge on any atom is -0.494 e. The first-order valence-corrected chi connectivity index (χ1v) is 8.04. The van der Waals surface area contributed by atoms with Gasteiger partial charge in [-0.3, -0.25) is 0 Å². The molecule has 0 amide bonds. The zero-order valence-electron chi connectivity index (χ0n) is 12.7. The Bertz CT molecular complexity index is 611. The quantitative estimate of drug-likeness (QED) is 0.600. The van der Waals surface area contributed by atoms with Crippen molar-refractivity contribution in [1.82, 2.24) is 0 Å². The van der Waals surface area contributed by atoms with Gasteiger partial charge in [0.1, 0.15) is 5.75 Å². The van der Waals surface area contributed by atoms with Gasteiger partial charge in [0.05, 0.1) is 6.61 Å². The lowest BCUT2D eigenvalue weighted by Gasteiger charge is -2.08. The zero-order chi connectivity index (χ0) is 14.7. The molecule has 1 aliphatic rings. The summed E-state index contributed by atoms with van der Waals surface area (Å²) in [6.45, 7) is 2.90. The fraction of sp³-hybridized carbons (Fsp3) is 0.444. The third kappa shape index (κ3) is 4.01. The van der Waals surface area contributed by atoms with E-state index in [-0.39, 0.29) is 6.92 Å². The van der Waals surface area contributed by atoms with E-state index in [4.69, 9.17) is 4.74 Å². The molecule has 3 heteroatoms. The van der Waals surface area contributed by atoms with Crippen molar-refractivity contribution in [3.05, 3.63) is 42.0 Å². The monoisotopic (exact) mass is 282 g/mol. The van der Waals surface area contributed by atoms with Crippen LogP contribution in [0, 0.1) is 6.92 Å². The van der Waals surface area contributed by atoms with Crippen LogP contribution in [0.3, 0.4) is 0 Å². The highest BCUT2D eigenvalue weighted by Gasteiger charge is 2.39. The van der Waals surface area contributed by atoms with Crippen molar-refractivity contribution in [2.24, 2.45) is 0 Å². The van der Waals surface area contributed by atoms with Gasteiger partial charge in [0.2, 0.25) is 0 Å². The molecule has 0 spiro atoms. The first kappa shape index (κ1) is 14.5. The van der Waals surface area contributed by atoms with Crippen molar-refractivity contribution >= 4 is 17.7 Å². The maximum absolute atomic E-state index is 9.26. The summed E-state index contributed by atoms with van der Waals surface area (Å²) in [7, 11) is 0. The van der Waals surface area contributed by atoms with E-state index in [9.17, 15) is 5.02 Å². The second-order valence-electron chi connectivity index (χ2n) is 6.27. The molecule has 2 nitrogen and oxygen atoms in total. The second kappa shape index (κ2) is 6.53. The highest BCUT2D eigenvalue weighted by molar-refractivity contribution is 6.64. The molecule has 0 bridgehead atoms. The minimum absolute atomic E-state index is 0.00230. The fourth-order valence-corrected chi connectivity index (χ4v) is 2.85. The molecule has 3 rings (SSSR count). The number of ether oxygens (including phenoxy) is 1. The topological polar surface area (TPSA) is 29.5 Å². The Morgan fingerprint density at radius 1 is 1.10 bits per heavy atom. The maximum atomic E-state index is 9.26. The maximum Gasteiger partial charge on any atom is 0.291 e. The third-order valence-corrected chi connectivity index (χ3v) is 4.34. The molecule has 1 unspecified atom stereocenters. The van der Waals surface area contributed by atoms with E-state index in [0.29, 0.717) is 5.82 Å². The summed E-state index contributed by atoms with van der Waals surface area (Å²) in [6, 6.07) is 12.8. The Balaban J connectivity index is 1.41. The highest BCUT2D eigenvalue weighted by Crippen LogP contribution is 2.39. The number of hydrogen-bond donors (Lipinski definition) is 1. The Morgan fingerprint density at radius 3 is 2.67 bits per heavy atom. The number of fused-ring (bicyclic) bond motifs is 1. The average Bonchev–Trinajstić information content (AvgIpc) is 3.18. The van der Waals surface area contributed by atoms with Gasteiger partial charge in [-0.1, -0.05) is 49.1 Å². The van der Waals surface area contributed by atoms with Crippen LogP contribution in [0.25, 0.3) is 10.8 Å². The molecule has 2 aromatic rings. The average molecular weight is 282 g/mol. The minimum atomic E-state index is 0.00230. The SMILES string of the molecule is Cc1ccc2cc(OCCCCCC3CB3O)ccc2c1. The van der Waals surface area contributed by atoms with Crippen LogP contribution < -0.4 is 4.74 Å². The molecule has 2 aromatic carbocycles. The van der Waals surface area contributed by atoms with Gasteiger partial charge in [-0.15, -0.1) is 0 Å². The predicted octanol–water partition coefficient (Wildman–Crippen LogP) is 4.46. The van der Waals surface area contributed by atoms with Crippen molar-refractivity contribution in [3.8, 4) is 5.75 Å². The Morgan fingerprint density at radius 2 is 1.86 bits per heavy atom. The number of aryl methyl sites for hydroxylation is 1. The summed E-state index contributed by atoms with van der Waals surface area (Å²) in [5, 5.41) is 11.8. The van der Waals surface area contributed by atoms with Gasteiger partial charge in [0, 0.05) is 0 Å². The largest absolute Gasteiger partial charge is 0.494 e. The van der Waals surface area contributed by atoms with Crippen molar-refractivity contribution in [3.63, 3.8) is 0 Å². The van der Waals surface area contributed by atoms with Gasteiger partial charge < -0.3 is 9.76 Å². The van der Waals surface area contributed by atoms with E-state index in [0.717, 1.165) is 25.1 Å². The standard InChI is InChI=1S/C18H23BO2/c1-14-6-7-16-12-18(9-8-15(16)11-14)21-10-4-2-3-5-17-13-19(17)20/h6-9,11-12,17,20H,2-5,10,13H2,1H3. The highest BCUT2D eigenvalue weighted by atomic mass is 16.5. The van der Waals surface area contributed by atoms with E-state index in [1.54, 1.807) is 0 Å². The molecular formula is C18H23BO2. The van der Waals surface area contributed by atoms with Crippen LogP contribution in [-0.2, 0) is 0 Å². The van der Waals surface area contributed by atoms with Gasteiger partial charge >= 0.3 is 0 Å². The molecule has 1 fully saturated rings. The Labute approximate surface area is 127 Å². The van der Waals surface area contributed by atoms with Crippen LogP contribution in [0.1, 0.15) is 31.2 Å². The van der Waals surface area contributed by atoms with Gasteiger partial charge in [0.15, 0.2) is 0 Å². The van der Waals surface area contributed by atoms with Crippen LogP contribution in [0.15, 0.2) is 36.4 Å². The lowest BCUT2D eigenvalue weighted by atomic mass is 9.89. The Kier molecular flexibility index (Phi) is 4.49. The first-order valence-electron chi connectivity index (χ1n) is 8.04. The molecule has 0 saturated carbocycles. The lowest BCUT2D eigenvalue weighted by molar-refractivity contribution is 0.305. The predicted molar refractivity (Wildman–Crippen MR) is 89.2 cm³/mol. The van der Waals surface area contributed by atoms with Gasteiger partial charge in [-0.2, -0.15) is 0 Å². The zero-order valence-corrected chi connectivity index (χ0v) is 12.7. The number of hydrogen-bond acceptors (Lipinski definition) is 2. The summed E-state index contributed by atoms with van der Waals surface area (Å²) in [5.74, 6) is 1.55. The Hall–Kier alpha value is -1.48. The van der Waals surface area contributed by atoms with Crippen molar-refractivity contribution < 1.29 is 9.76 Å². The van der Waals surface area contributed by atoms with E-state index < -0.39 is 0 Å². The molecule has 1 aliphatic heterocycles. The van der Waals surface area contributed by atoms with Crippen LogP contribution >= 0.6 is 0 Å². The molecule has 1 heterocycles. The first-order chi connectivity index (χ1) is 10.2. The van der Waals surface area contributed by atoms with Crippen LogP contribution in [-0.4, -0.2) is 18.5 Å². The van der Waals surface area contributed by atoms with E-state index in [1.807, 2.05) is 0 Å². The molecule has 0 radical (unpaired) electrons. The second-order valence-corrected chi connectivity index (χ2v) is 6.27. The molecule has 1 saturated heterocycles. The molecule has 21 heavy (non-hydrogen) atoms. The molecular weight excluding hydrogens is 259 g/mol. The number of benzene rings is 2. The summed E-state index contributed by atoms with van der Waals surface area (Å²) in [6.07, 6.45) is 5.69. The van der Waals surface area contributed by atoms with Gasteiger partial charge in [0.25, 0.3) is 6.92 Å². The molecule has 1 atom stereocenters. The van der Waals surface area contributed by atoms with Crippen molar-refractivity contribution in [2.75, 3.05) is 6.61 Å². The van der Waals surface area contributed by atoms with E-state index in [1.165, 1.54) is 35.6 Å².